The maximum absolute atomic E-state index is 8.93. The van der Waals surface area contributed by atoms with Crippen molar-refractivity contribution in [1.82, 2.24) is 0 Å². The molecule has 0 saturated carbocycles. The van der Waals surface area contributed by atoms with Crippen LogP contribution in [0.2, 0.25) is 15.8 Å². The third-order valence-electron chi connectivity index (χ3n) is 1.50. The van der Waals surface area contributed by atoms with Crippen LogP contribution in [-0.2, 0) is 0 Å². The topological polar surface area (TPSA) is 23.1 Å². The van der Waals surface area contributed by atoms with Gasteiger partial charge in [0.25, 0.3) is 0 Å². The van der Waals surface area contributed by atoms with Crippen molar-refractivity contribution in [3.63, 3.8) is 0 Å². The molecule has 0 N–H and O–H groups in total. The fraction of sp³-hybridized carbons (Fsp3) is 1.00. The fourth-order valence-electron chi connectivity index (χ4n) is 0.750. The van der Waals surface area contributed by atoms with E-state index in [1.54, 1.807) is 6.92 Å². The molecule has 0 heterocycles. The van der Waals surface area contributed by atoms with Gasteiger partial charge in [-0.1, -0.05) is 6.92 Å². The molecule has 0 spiro atoms. The Balaban J connectivity index is 0. The van der Waals surface area contributed by atoms with Crippen molar-refractivity contribution in [3.8, 4) is 0 Å². The Hall–Kier alpha value is 0.503. The fourth-order valence-corrected chi connectivity index (χ4v) is 3.90. The molecule has 0 aromatic heterocycles. The quantitative estimate of drug-likeness (QED) is 0.645. The number of hydrogen-bond acceptors (Lipinski definition) is 1. The van der Waals surface area contributed by atoms with Crippen molar-refractivity contribution in [2.24, 2.45) is 0 Å². The molecule has 0 radical (unpaired) electrons. The average molecular weight is 205 g/mol. The molecule has 0 aliphatic rings. The first-order valence-electron chi connectivity index (χ1n) is 4.18. The summed E-state index contributed by atoms with van der Waals surface area (Å²) >= 11 is -0.403. The molecule has 10 heavy (non-hydrogen) atoms. The van der Waals surface area contributed by atoms with E-state index >= 15 is 0 Å². The first-order chi connectivity index (χ1) is 4.76. The molecular formula is C8H20GeO. The predicted molar refractivity (Wildman–Crippen MR) is 47.7 cm³/mol. The first kappa shape index (κ1) is 13.1. The molecule has 0 bridgehead atoms. The summed E-state index contributed by atoms with van der Waals surface area (Å²) in [5.74, 6) is 0. The van der Waals surface area contributed by atoms with Crippen LogP contribution in [0.1, 0.15) is 27.7 Å². The van der Waals surface area contributed by atoms with Gasteiger partial charge in [0, 0.05) is 0 Å². The van der Waals surface area contributed by atoms with Crippen molar-refractivity contribution < 1.29 is 5.11 Å². The van der Waals surface area contributed by atoms with E-state index < -0.39 is 14.3 Å². The number of hydrogen-bond donors (Lipinski definition) is 0. The van der Waals surface area contributed by atoms with Gasteiger partial charge in [-0.3, -0.25) is 0 Å². The Morgan fingerprint density at radius 1 is 0.900 bits per heavy atom. The monoisotopic (exact) mass is 206 g/mol. The van der Waals surface area contributed by atoms with E-state index in [9.17, 15) is 0 Å². The maximum atomic E-state index is 8.93. The third-order valence-corrected chi connectivity index (χ3v) is 7.79. The Kier molecular flexibility index (Phi) is 16.0. The van der Waals surface area contributed by atoms with E-state index in [0.717, 1.165) is 0 Å². The molecule has 0 aliphatic carbocycles. The van der Waals surface area contributed by atoms with Crippen LogP contribution < -0.4 is 5.11 Å². The summed E-state index contributed by atoms with van der Waals surface area (Å²) in [4.78, 5) is 0. The van der Waals surface area contributed by atoms with Gasteiger partial charge < -0.3 is 5.11 Å². The van der Waals surface area contributed by atoms with E-state index in [0.29, 0.717) is 0 Å². The molecule has 0 rings (SSSR count). The Labute approximate surface area is 69.9 Å². The van der Waals surface area contributed by atoms with Gasteiger partial charge >= 0.3 is 50.9 Å². The van der Waals surface area contributed by atoms with Crippen molar-refractivity contribution in [3.05, 3.63) is 0 Å². The van der Waals surface area contributed by atoms with Gasteiger partial charge in [-0.2, -0.15) is 0 Å². The molecule has 2 heteroatoms. The molecule has 0 amide bonds. The minimum absolute atomic E-state index is 0. The summed E-state index contributed by atoms with van der Waals surface area (Å²) in [5, 5.41) is 13.5. The van der Waals surface area contributed by atoms with E-state index in [4.69, 9.17) is 5.11 Å². The summed E-state index contributed by atoms with van der Waals surface area (Å²) in [6.45, 7) is 8.58. The Morgan fingerprint density at radius 3 is 1.10 bits per heavy atom. The van der Waals surface area contributed by atoms with Gasteiger partial charge in [0.1, 0.15) is 0 Å². The second kappa shape index (κ2) is 12.2. The van der Waals surface area contributed by atoms with E-state index in [1.807, 2.05) is 0 Å². The van der Waals surface area contributed by atoms with Crippen LogP contribution in [0.15, 0.2) is 0 Å². The molecule has 1 nitrogen and oxygen atoms in total. The van der Waals surface area contributed by atoms with Gasteiger partial charge in [-0.25, -0.2) is 0 Å². The van der Waals surface area contributed by atoms with Crippen LogP contribution in [0.4, 0.5) is 0 Å². The molecule has 0 aromatic carbocycles. The molecule has 0 fully saturated rings. The second-order valence-electron chi connectivity index (χ2n) is 2.10. The third kappa shape index (κ3) is 11.3. The van der Waals surface area contributed by atoms with Crippen molar-refractivity contribution in [2.75, 3.05) is 6.61 Å². The summed E-state index contributed by atoms with van der Waals surface area (Å²) in [6, 6.07) is 0. The van der Waals surface area contributed by atoms with Crippen LogP contribution in [0, 0.1) is 0 Å². The van der Waals surface area contributed by atoms with Crippen molar-refractivity contribution >= 4 is 14.3 Å². The summed E-state index contributed by atoms with van der Waals surface area (Å²) in [6.07, 6.45) is 0. The zero-order valence-electron chi connectivity index (χ0n) is 7.74. The Bertz CT molecular complexity index is 39.0. The molecule has 0 aliphatic heterocycles. The van der Waals surface area contributed by atoms with Crippen molar-refractivity contribution in [2.45, 2.75) is 43.5 Å². The Morgan fingerprint density at radius 2 is 1.10 bits per heavy atom. The van der Waals surface area contributed by atoms with Crippen molar-refractivity contribution in [1.29, 1.82) is 0 Å². The molecule has 0 saturated heterocycles. The first-order valence-corrected chi connectivity index (χ1v) is 8.63. The summed E-state index contributed by atoms with van der Waals surface area (Å²) in [7, 11) is 0. The van der Waals surface area contributed by atoms with E-state index in [-0.39, 0.29) is 6.61 Å². The summed E-state index contributed by atoms with van der Waals surface area (Å²) < 4.78 is 0. The molecule has 0 aromatic rings. The van der Waals surface area contributed by atoms with Crippen LogP contribution in [0.3, 0.4) is 0 Å². The molecule has 0 unspecified atom stereocenters. The number of rotatable bonds is 3. The van der Waals surface area contributed by atoms with Gasteiger partial charge in [0.15, 0.2) is 0 Å². The van der Waals surface area contributed by atoms with Gasteiger partial charge in [0.2, 0.25) is 0 Å². The SMILES string of the molecule is CC[O-].C[CH2][Ge+]([CH2]C)[CH2]C. The standard InChI is InChI=1S/C6H15Ge.C2H5O/c1-4-7(5-2)6-3;1-2-3/h4-6H2,1-3H3;2H2,1H3/q+1;-1. The van der Waals surface area contributed by atoms with Gasteiger partial charge in [-0.15, -0.1) is 6.61 Å². The summed E-state index contributed by atoms with van der Waals surface area (Å²) in [5.41, 5.74) is 0. The zero-order chi connectivity index (χ0) is 8.41. The molecular weight excluding hydrogens is 185 g/mol. The minimum atomic E-state index is -0.403. The van der Waals surface area contributed by atoms with Gasteiger partial charge in [-0.05, 0) is 0 Å². The van der Waals surface area contributed by atoms with Gasteiger partial charge in [0.05, 0.1) is 0 Å². The van der Waals surface area contributed by atoms with E-state index in [2.05, 4.69) is 20.8 Å². The average Bonchev–Trinajstić information content (AvgIpc) is 1.93. The van der Waals surface area contributed by atoms with Crippen LogP contribution in [0.25, 0.3) is 0 Å². The second-order valence-corrected chi connectivity index (χ2v) is 9.70. The normalized spacial score (nSPS) is 8.10. The van der Waals surface area contributed by atoms with Crippen LogP contribution >= 0.6 is 0 Å². The van der Waals surface area contributed by atoms with Crippen LogP contribution in [-0.4, -0.2) is 21.0 Å². The van der Waals surface area contributed by atoms with E-state index in [1.165, 1.54) is 15.8 Å². The zero-order valence-corrected chi connectivity index (χ0v) is 9.83. The molecule has 0 atom stereocenters. The predicted octanol–water partition coefficient (Wildman–Crippen LogP) is 1.91. The van der Waals surface area contributed by atoms with Crippen LogP contribution in [0.5, 0.6) is 0 Å². The molecule has 62 valence electrons.